The summed E-state index contributed by atoms with van der Waals surface area (Å²) in [6, 6.07) is 14.7. The molecule has 6 heteroatoms. The molecule has 2 aromatic rings. The Morgan fingerprint density at radius 2 is 1.90 bits per heavy atom. The molecule has 3 N–H and O–H groups in total. The van der Waals surface area contributed by atoms with Crippen molar-refractivity contribution in [1.29, 1.82) is 0 Å². The van der Waals surface area contributed by atoms with Crippen molar-refractivity contribution in [3.05, 3.63) is 48.0 Å². The lowest BCUT2D eigenvalue weighted by Gasteiger charge is -2.35. The number of fused-ring (bicyclic) bond motifs is 2. The van der Waals surface area contributed by atoms with Crippen LogP contribution in [0.3, 0.4) is 0 Å². The van der Waals surface area contributed by atoms with Crippen molar-refractivity contribution in [1.82, 2.24) is 21.1 Å². The van der Waals surface area contributed by atoms with Gasteiger partial charge in [0.2, 0.25) is 5.91 Å². The molecule has 6 nitrogen and oxygen atoms in total. The molecule has 2 aromatic carbocycles. The molecule has 3 fully saturated rings. The van der Waals surface area contributed by atoms with Gasteiger partial charge in [-0.05, 0) is 54.9 Å². The zero-order valence-corrected chi connectivity index (χ0v) is 17.3. The van der Waals surface area contributed by atoms with E-state index in [1.165, 1.54) is 0 Å². The summed E-state index contributed by atoms with van der Waals surface area (Å²) in [5.41, 5.74) is 7.31. The average Bonchev–Trinajstić information content (AvgIpc) is 3.26. The summed E-state index contributed by atoms with van der Waals surface area (Å²) in [6.45, 7) is 2.21. The highest BCUT2D eigenvalue weighted by molar-refractivity contribution is 6.07. The highest BCUT2D eigenvalue weighted by Crippen LogP contribution is 2.28. The van der Waals surface area contributed by atoms with Crippen molar-refractivity contribution in [3.8, 4) is 0 Å². The molecule has 0 bridgehead atoms. The Morgan fingerprint density at radius 1 is 1.03 bits per heavy atom. The largest absolute Gasteiger partial charge is 0.353 e. The number of nitrogens with one attached hydrogen (secondary N) is 3. The lowest BCUT2D eigenvalue weighted by atomic mass is 9.82. The average molecular weight is 407 g/mol. The fraction of sp³-hybridized carbons (Fsp3) is 0.500. The van der Waals surface area contributed by atoms with Crippen LogP contribution in [0.2, 0.25) is 0 Å². The SMILES string of the molecule is O=C(NC1CCC2NNCC2C1)C1CCCN(C(=O)c2cccc3ccccc23)C1. The normalized spacial score (nSPS) is 28.9. The zero-order valence-electron chi connectivity index (χ0n) is 17.3. The van der Waals surface area contributed by atoms with Gasteiger partial charge in [0.25, 0.3) is 5.91 Å². The minimum atomic E-state index is -0.116. The maximum absolute atomic E-state index is 13.3. The summed E-state index contributed by atoms with van der Waals surface area (Å²) in [5.74, 6) is 0.635. The number of hydrogen-bond donors (Lipinski definition) is 3. The molecule has 2 heterocycles. The summed E-state index contributed by atoms with van der Waals surface area (Å²) in [6.07, 6.45) is 4.87. The minimum absolute atomic E-state index is 0.0351. The van der Waals surface area contributed by atoms with Crippen LogP contribution >= 0.6 is 0 Å². The van der Waals surface area contributed by atoms with Gasteiger partial charge < -0.3 is 10.2 Å². The highest BCUT2D eigenvalue weighted by Gasteiger charge is 2.36. The molecule has 3 aliphatic rings. The standard InChI is InChI=1S/C24H30N4O2/c29-23(26-19-10-11-22-18(13-19)14-25-27-22)17-7-4-12-28(15-17)24(30)21-9-3-6-16-5-1-2-8-20(16)21/h1-3,5-6,8-9,17-19,22,25,27H,4,7,10-15H2,(H,26,29). The first kappa shape index (κ1) is 19.5. The molecule has 4 atom stereocenters. The van der Waals surface area contributed by atoms with E-state index >= 15 is 0 Å². The number of amides is 2. The molecule has 1 saturated carbocycles. The summed E-state index contributed by atoms with van der Waals surface area (Å²) in [5, 5.41) is 5.35. The van der Waals surface area contributed by atoms with E-state index in [9.17, 15) is 9.59 Å². The maximum Gasteiger partial charge on any atom is 0.254 e. The lowest BCUT2D eigenvalue weighted by Crippen LogP contribution is -2.49. The molecular formula is C24H30N4O2. The second-order valence-electron chi connectivity index (χ2n) is 9.03. The van der Waals surface area contributed by atoms with E-state index in [4.69, 9.17) is 0 Å². The number of benzene rings is 2. The molecule has 0 spiro atoms. The first-order valence-corrected chi connectivity index (χ1v) is 11.2. The zero-order chi connectivity index (χ0) is 20.5. The molecule has 158 valence electrons. The van der Waals surface area contributed by atoms with Gasteiger partial charge in [-0.3, -0.25) is 20.4 Å². The van der Waals surface area contributed by atoms with E-state index in [1.54, 1.807) is 0 Å². The second-order valence-corrected chi connectivity index (χ2v) is 9.03. The monoisotopic (exact) mass is 406 g/mol. The topological polar surface area (TPSA) is 73.5 Å². The van der Waals surface area contributed by atoms with Gasteiger partial charge in [0.05, 0.1) is 5.92 Å². The van der Waals surface area contributed by atoms with Crippen LogP contribution in [0.4, 0.5) is 0 Å². The molecule has 1 aliphatic carbocycles. The van der Waals surface area contributed by atoms with Crippen LogP contribution in [0, 0.1) is 11.8 Å². The third-order valence-corrected chi connectivity index (χ3v) is 7.08. The Bertz CT molecular complexity index is 940. The van der Waals surface area contributed by atoms with E-state index in [2.05, 4.69) is 16.2 Å². The van der Waals surface area contributed by atoms with E-state index in [0.717, 1.165) is 61.5 Å². The van der Waals surface area contributed by atoms with Crippen LogP contribution in [-0.2, 0) is 4.79 Å². The predicted molar refractivity (Wildman–Crippen MR) is 117 cm³/mol. The van der Waals surface area contributed by atoms with E-state index in [0.29, 0.717) is 18.5 Å². The number of hydrogen-bond acceptors (Lipinski definition) is 4. The quantitative estimate of drug-likeness (QED) is 0.732. The third kappa shape index (κ3) is 3.82. The minimum Gasteiger partial charge on any atom is -0.353 e. The predicted octanol–water partition coefficient (Wildman–Crippen LogP) is 2.45. The van der Waals surface area contributed by atoms with Crippen LogP contribution < -0.4 is 16.2 Å². The van der Waals surface area contributed by atoms with Gasteiger partial charge in [0.15, 0.2) is 0 Å². The van der Waals surface area contributed by atoms with E-state index < -0.39 is 0 Å². The van der Waals surface area contributed by atoms with Crippen molar-refractivity contribution < 1.29 is 9.59 Å². The van der Waals surface area contributed by atoms with Crippen LogP contribution in [-0.4, -0.2) is 48.4 Å². The number of piperidine rings is 1. The number of rotatable bonds is 3. The van der Waals surface area contributed by atoms with Gasteiger partial charge in [-0.15, -0.1) is 0 Å². The molecule has 2 saturated heterocycles. The van der Waals surface area contributed by atoms with Gasteiger partial charge in [-0.1, -0.05) is 36.4 Å². The molecule has 0 radical (unpaired) electrons. The smallest absolute Gasteiger partial charge is 0.254 e. The molecule has 5 rings (SSSR count). The molecule has 0 aromatic heterocycles. The number of carbonyl (C=O) groups excluding carboxylic acids is 2. The lowest BCUT2D eigenvalue weighted by molar-refractivity contribution is -0.127. The summed E-state index contributed by atoms with van der Waals surface area (Å²) < 4.78 is 0. The molecule has 4 unspecified atom stereocenters. The van der Waals surface area contributed by atoms with Crippen molar-refractivity contribution in [2.75, 3.05) is 19.6 Å². The summed E-state index contributed by atoms with van der Waals surface area (Å²) in [7, 11) is 0. The summed E-state index contributed by atoms with van der Waals surface area (Å²) in [4.78, 5) is 28.1. The Balaban J connectivity index is 1.24. The molecular weight excluding hydrogens is 376 g/mol. The van der Waals surface area contributed by atoms with Crippen LogP contribution in [0.15, 0.2) is 42.5 Å². The Labute approximate surface area is 177 Å². The Hall–Kier alpha value is -2.44. The van der Waals surface area contributed by atoms with Crippen LogP contribution in [0.25, 0.3) is 10.8 Å². The van der Waals surface area contributed by atoms with Gasteiger partial charge in [-0.25, -0.2) is 0 Å². The van der Waals surface area contributed by atoms with Crippen molar-refractivity contribution in [3.63, 3.8) is 0 Å². The summed E-state index contributed by atoms with van der Waals surface area (Å²) >= 11 is 0. The first-order chi connectivity index (χ1) is 14.7. The van der Waals surface area contributed by atoms with E-state index in [1.807, 2.05) is 47.4 Å². The van der Waals surface area contributed by atoms with Gasteiger partial charge in [-0.2, -0.15) is 0 Å². The number of hydrazine groups is 1. The number of likely N-dealkylation sites (tertiary alicyclic amines) is 1. The second kappa shape index (κ2) is 8.36. The molecule has 30 heavy (non-hydrogen) atoms. The fourth-order valence-corrected chi connectivity index (χ4v) is 5.41. The highest BCUT2D eigenvalue weighted by atomic mass is 16.2. The molecule has 2 amide bonds. The van der Waals surface area contributed by atoms with E-state index in [-0.39, 0.29) is 23.8 Å². The maximum atomic E-state index is 13.3. The Morgan fingerprint density at radius 3 is 2.83 bits per heavy atom. The van der Waals surface area contributed by atoms with Crippen molar-refractivity contribution in [2.24, 2.45) is 11.8 Å². The first-order valence-electron chi connectivity index (χ1n) is 11.2. The number of nitrogens with zero attached hydrogens (tertiary/aromatic N) is 1. The van der Waals surface area contributed by atoms with Crippen molar-refractivity contribution in [2.45, 2.75) is 44.2 Å². The number of carbonyl (C=O) groups is 2. The fourth-order valence-electron chi connectivity index (χ4n) is 5.41. The van der Waals surface area contributed by atoms with Crippen LogP contribution in [0.1, 0.15) is 42.5 Å². The van der Waals surface area contributed by atoms with Crippen LogP contribution in [0.5, 0.6) is 0 Å². The van der Waals surface area contributed by atoms with Crippen molar-refractivity contribution >= 4 is 22.6 Å². The molecule has 2 aliphatic heterocycles. The van der Waals surface area contributed by atoms with Gasteiger partial charge >= 0.3 is 0 Å². The van der Waals surface area contributed by atoms with Gasteiger partial charge in [0, 0.05) is 37.3 Å². The third-order valence-electron chi connectivity index (χ3n) is 7.08. The van der Waals surface area contributed by atoms with Gasteiger partial charge in [0.1, 0.15) is 0 Å². The Kier molecular flexibility index (Phi) is 5.44.